The van der Waals surface area contributed by atoms with Crippen molar-refractivity contribution in [3.63, 3.8) is 0 Å². The number of benzene rings is 1. The van der Waals surface area contributed by atoms with Crippen LogP contribution in [0, 0.1) is 0 Å². The lowest BCUT2D eigenvalue weighted by molar-refractivity contribution is -0.129. The second-order valence-electron chi connectivity index (χ2n) is 7.14. The van der Waals surface area contributed by atoms with Crippen LogP contribution in [0.4, 0.5) is 11.4 Å². The number of hydrogen-bond acceptors (Lipinski definition) is 5. The zero-order valence-corrected chi connectivity index (χ0v) is 15.0. The van der Waals surface area contributed by atoms with Crippen molar-refractivity contribution in [2.45, 2.75) is 33.1 Å². The number of rotatable bonds is 1. The van der Waals surface area contributed by atoms with Crippen LogP contribution in [0.5, 0.6) is 0 Å². The molecule has 0 radical (unpaired) electrons. The summed E-state index contributed by atoms with van der Waals surface area (Å²) in [5, 5.41) is 1.13. The predicted molar refractivity (Wildman–Crippen MR) is 97.2 cm³/mol. The van der Waals surface area contributed by atoms with E-state index in [0.717, 1.165) is 52.8 Å². The van der Waals surface area contributed by atoms with Gasteiger partial charge in [0, 0.05) is 38.5 Å². The maximum atomic E-state index is 11.5. The van der Waals surface area contributed by atoms with Crippen molar-refractivity contribution in [1.82, 2.24) is 9.88 Å². The Morgan fingerprint density at radius 1 is 1.22 bits per heavy atom. The van der Waals surface area contributed by atoms with Crippen molar-refractivity contribution in [1.29, 1.82) is 0 Å². The first kappa shape index (κ1) is 16.1. The van der Waals surface area contributed by atoms with E-state index in [1.54, 1.807) is 18.3 Å². The Labute approximate surface area is 141 Å². The number of nitrogens with zero attached hydrogens (tertiary/aromatic N) is 3. The molecule has 3 rings (SSSR count). The lowest BCUT2D eigenvalue weighted by atomic mass is 9.98. The van der Waals surface area contributed by atoms with Gasteiger partial charge in [-0.2, -0.15) is 0 Å². The van der Waals surface area contributed by atoms with Crippen molar-refractivity contribution in [2.75, 3.05) is 36.8 Å². The largest absolute Gasteiger partial charge is 0.397 e. The standard InChI is InChI=1S/C17H24N4OS/c1-11(22)20-5-7-21(8-6-20)14-10-13-15(9-12(14)18)23-16(19-13)17(2,3)4/h9-10H,5-8,18H2,1-4H3. The molecule has 1 aliphatic heterocycles. The number of nitrogen functional groups attached to an aromatic ring is 1. The van der Waals surface area contributed by atoms with E-state index in [2.05, 4.69) is 31.7 Å². The molecule has 2 heterocycles. The number of amides is 1. The molecule has 1 aromatic heterocycles. The van der Waals surface area contributed by atoms with Gasteiger partial charge in [0.05, 0.1) is 26.6 Å². The molecule has 1 aliphatic rings. The number of thiazole rings is 1. The quantitative estimate of drug-likeness (QED) is 0.816. The summed E-state index contributed by atoms with van der Waals surface area (Å²) in [5.41, 5.74) is 9.17. The van der Waals surface area contributed by atoms with Crippen LogP contribution >= 0.6 is 11.3 Å². The molecular formula is C17H24N4OS. The van der Waals surface area contributed by atoms with Gasteiger partial charge in [0.15, 0.2) is 0 Å². The molecule has 5 nitrogen and oxygen atoms in total. The van der Waals surface area contributed by atoms with Crippen LogP contribution < -0.4 is 10.6 Å². The zero-order chi connectivity index (χ0) is 16.8. The highest BCUT2D eigenvalue weighted by Gasteiger charge is 2.23. The highest BCUT2D eigenvalue weighted by Crippen LogP contribution is 2.36. The maximum Gasteiger partial charge on any atom is 0.219 e. The Balaban J connectivity index is 1.90. The molecule has 2 N–H and O–H groups in total. The zero-order valence-electron chi connectivity index (χ0n) is 14.2. The molecule has 0 saturated carbocycles. The Morgan fingerprint density at radius 3 is 2.43 bits per heavy atom. The minimum Gasteiger partial charge on any atom is -0.397 e. The molecule has 1 fully saturated rings. The summed E-state index contributed by atoms with van der Waals surface area (Å²) in [4.78, 5) is 20.4. The normalized spacial score (nSPS) is 16.2. The van der Waals surface area contributed by atoms with E-state index in [1.807, 2.05) is 11.0 Å². The summed E-state index contributed by atoms with van der Waals surface area (Å²) in [6.07, 6.45) is 0. The number of anilines is 2. The first-order valence-corrected chi connectivity index (χ1v) is 8.78. The summed E-state index contributed by atoms with van der Waals surface area (Å²) in [7, 11) is 0. The molecule has 0 aliphatic carbocycles. The second kappa shape index (κ2) is 5.67. The summed E-state index contributed by atoms with van der Waals surface area (Å²) < 4.78 is 1.14. The van der Waals surface area contributed by atoms with Crippen LogP contribution in [0.3, 0.4) is 0 Å². The number of hydrogen-bond donors (Lipinski definition) is 1. The Morgan fingerprint density at radius 2 is 1.87 bits per heavy atom. The van der Waals surface area contributed by atoms with Gasteiger partial charge in [-0.05, 0) is 12.1 Å². The molecule has 0 atom stereocenters. The average Bonchev–Trinajstić information content (AvgIpc) is 2.89. The fourth-order valence-electron chi connectivity index (χ4n) is 2.84. The van der Waals surface area contributed by atoms with Gasteiger partial charge in [-0.25, -0.2) is 4.98 Å². The van der Waals surface area contributed by atoms with Crippen molar-refractivity contribution < 1.29 is 4.79 Å². The molecule has 2 aromatic rings. The van der Waals surface area contributed by atoms with Gasteiger partial charge in [0.1, 0.15) is 0 Å². The van der Waals surface area contributed by atoms with Crippen LogP contribution in [0.2, 0.25) is 0 Å². The van der Waals surface area contributed by atoms with Gasteiger partial charge >= 0.3 is 0 Å². The van der Waals surface area contributed by atoms with Crippen LogP contribution in [0.15, 0.2) is 12.1 Å². The Kier molecular flexibility index (Phi) is 3.96. The van der Waals surface area contributed by atoms with Gasteiger partial charge in [-0.15, -0.1) is 11.3 Å². The van der Waals surface area contributed by atoms with E-state index in [0.29, 0.717) is 0 Å². The first-order chi connectivity index (χ1) is 10.8. The third-order valence-electron chi connectivity index (χ3n) is 4.24. The molecule has 124 valence electrons. The SMILES string of the molecule is CC(=O)N1CCN(c2cc3nc(C(C)(C)C)sc3cc2N)CC1. The summed E-state index contributed by atoms with van der Waals surface area (Å²) in [5.74, 6) is 0.141. The monoisotopic (exact) mass is 332 g/mol. The number of nitrogens with two attached hydrogens (primary N) is 1. The van der Waals surface area contributed by atoms with Crippen molar-refractivity contribution >= 4 is 38.8 Å². The number of fused-ring (bicyclic) bond motifs is 1. The Bertz CT molecular complexity index is 739. The predicted octanol–water partition coefficient (Wildman–Crippen LogP) is 2.84. The molecule has 6 heteroatoms. The van der Waals surface area contributed by atoms with E-state index >= 15 is 0 Å². The molecular weight excluding hydrogens is 308 g/mol. The number of aromatic nitrogens is 1. The van der Waals surface area contributed by atoms with E-state index in [9.17, 15) is 4.79 Å². The van der Waals surface area contributed by atoms with Gasteiger partial charge in [-0.1, -0.05) is 20.8 Å². The van der Waals surface area contributed by atoms with E-state index in [4.69, 9.17) is 10.7 Å². The minimum absolute atomic E-state index is 0.0473. The summed E-state index contributed by atoms with van der Waals surface area (Å²) in [6.45, 7) is 11.3. The average molecular weight is 332 g/mol. The number of piperazine rings is 1. The first-order valence-electron chi connectivity index (χ1n) is 7.97. The van der Waals surface area contributed by atoms with Gasteiger partial charge in [0.2, 0.25) is 5.91 Å². The third kappa shape index (κ3) is 3.13. The van der Waals surface area contributed by atoms with Gasteiger partial charge < -0.3 is 15.5 Å². The highest BCUT2D eigenvalue weighted by atomic mass is 32.1. The fourth-order valence-corrected chi connectivity index (χ4v) is 3.89. The lowest BCUT2D eigenvalue weighted by Gasteiger charge is -2.36. The smallest absolute Gasteiger partial charge is 0.219 e. The Hall–Kier alpha value is -1.82. The summed E-state index contributed by atoms with van der Waals surface area (Å²) >= 11 is 1.72. The van der Waals surface area contributed by atoms with Crippen LogP contribution in [0.1, 0.15) is 32.7 Å². The van der Waals surface area contributed by atoms with Crippen molar-refractivity contribution in [3.8, 4) is 0 Å². The highest BCUT2D eigenvalue weighted by molar-refractivity contribution is 7.18. The molecule has 1 amide bonds. The van der Waals surface area contributed by atoms with Crippen LogP contribution in [0.25, 0.3) is 10.2 Å². The second-order valence-corrected chi connectivity index (χ2v) is 8.17. The topological polar surface area (TPSA) is 62.5 Å². The summed E-state index contributed by atoms with van der Waals surface area (Å²) in [6, 6.07) is 4.13. The number of carbonyl (C=O) groups is 1. The molecule has 1 aromatic carbocycles. The minimum atomic E-state index is 0.0473. The van der Waals surface area contributed by atoms with E-state index in [-0.39, 0.29) is 11.3 Å². The van der Waals surface area contributed by atoms with Crippen LogP contribution in [-0.2, 0) is 10.2 Å². The molecule has 0 spiro atoms. The van der Waals surface area contributed by atoms with Crippen molar-refractivity contribution in [3.05, 3.63) is 17.1 Å². The molecule has 0 unspecified atom stereocenters. The fraction of sp³-hybridized carbons (Fsp3) is 0.529. The number of carbonyl (C=O) groups excluding carboxylic acids is 1. The van der Waals surface area contributed by atoms with Crippen molar-refractivity contribution in [2.24, 2.45) is 0 Å². The maximum absolute atomic E-state index is 11.5. The third-order valence-corrected chi connectivity index (χ3v) is 5.69. The van der Waals surface area contributed by atoms with Crippen LogP contribution in [-0.4, -0.2) is 42.0 Å². The van der Waals surface area contributed by atoms with E-state index < -0.39 is 0 Å². The molecule has 0 bridgehead atoms. The van der Waals surface area contributed by atoms with Gasteiger partial charge in [-0.3, -0.25) is 4.79 Å². The molecule has 23 heavy (non-hydrogen) atoms. The van der Waals surface area contributed by atoms with E-state index in [1.165, 1.54) is 0 Å². The molecule has 1 saturated heterocycles. The van der Waals surface area contributed by atoms with Gasteiger partial charge in [0.25, 0.3) is 0 Å². The lowest BCUT2D eigenvalue weighted by Crippen LogP contribution is -2.48.